The largest absolute Gasteiger partial charge is 0.381 e. The maximum Gasteiger partial charge on any atom is 0.238 e. The van der Waals surface area contributed by atoms with Crippen LogP contribution in [0.2, 0.25) is 0 Å². The average Bonchev–Trinajstić information content (AvgIpc) is 2.41. The first-order chi connectivity index (χ1) is 9.36. The predicted molar refractivity (Wildman–Crippen MR) is 77.0 cm³/mol. The third-order valence-corrected chi connectivity index (χ3v) is 3.66. The van der Waals surface area contributed by atoms with E-state index >= 15 is 0 Å². The van der Waals surface area contributed by atoms with Crippen LogP contribution in [-0.4, -0.2) is 34.6 Å². The third kappa shape index (κ3) is 4.92. The smallest absolute Gasteiger partial charge is 0.238 e. The van der Waals surface area contributed by atoms with E-state index in [0.717, 1.165) is 6.42 Å². The van der Waals surface area contributed by atoms with Gasteiger partial charge in [0.15, 0.2) is 0 Å². The van der Waals surface area contributed by atoms with Crippen LogP contribution in [0.5, 0.6) is 0 Å². The second-order valence-corrected chi connectivity index (χ2v) is 5.92. The number of sulfonamides is 1. The van der Waals surface area contributed by atoms with Gasteiger partial charge in [0, 0.05) is 19.3 Å². The molecule has 0 saturated heterocycles. The topological polar surface area (TPSA) is 89.7 Å². The summed E-state index contributed by atoms with van der Waals surface area (Å²) < 4.78 is 27.5. The fraction of sp³-hybridized carbons (Fsp3) is 0.462. The van der Waals surface area contributed by atoms with Gasteiger partial charge in [-0.3, -0.25) is 4.79 Å². The van der Waals surface area contributed by atoms with Crippen LogP contribution < -0.4 is 10.0 Å². The number of rotatable bonds is 7. The Morgan fingerprint density at radius 3 is 2.35 bits per heavy atom. The molecule has 0 aromatic heterocycles. The molecule has 1 amide bonds. The normalized spacial score (nSPS) is 11.3. The predicted octanol–water partition coefficient (Wildman–Crippen LogP) is 1.11. The summed E-state index contributed by atoms with van der Waals surface area (Å²) in [6.45, 7) is 3.02. The number of ether oxygens (including phenoxy) is 1. The second-order valence-electron chi connectivity index (χ2n) is 4.35. The zero-order valence-corrected chi connectivity index (χ0v) is 12.5. The van der Waals surface area contributed by atoms with Gasteiger partial charge in [0.1, 0.15) is 0 Å². The molecule has 0 aliphatic rings. The number of benzene rings is 1. The summed E-state index contributed by atoms with van der Waals surface area (Å²) in [6.07, 6.45) is 1.20. The van der Waals surface area contributed by atoms with Gasteiger partial charge in [-0.05, 0) is 30.7 Å². The van der Waals surface area contributed by atoms with Crippen LogP contribution in [0.3, 0.4) is 0 Å². The van der Waals surface area contributed by atoms with Gasteiger partial charge in [-0.15, -0.1) is 0 Å². The SMILES string of the molecule is CCCOCCC(=O)N(C)c1ccc(S(N)(=O)=O)cc1. The molecule has 0 bridgehead atoms. The van der Waals surface area contributed by atoms with E-state index in [9.17, 15) is 13.2 Å². The van der Waals surface area contributed by atoms with Gasteiger partial charge in [-0.25, -0.2) is 13.6 Å². The summed E-state index contributed by atoms with van der Waals surface area (Å²) in [5.74, 6) is -0.0931. The van der Waals surface area contributed by atoms with Crippen molar-refractivity contribution < 1.29 is 17.9 Å². The molecule has 0 heterocycles. The number of anilines is 1. The van der Waals surface area contributed by atoms with Gasteiger partial charge >= 0.3 is 0 Å². The molecule has 20 heavy (non-hydrogen) atoms. The molecule has 112 valence electrons. The Labute approximate surface area is 119 Å². The molecule has 0 saturated carbocycles. The molecule has 0 spiro atoms. The Morgan fingerprint density at radius 2 is 1.85 bits per heavy atom. The molecular formula is C13H20N2O4S. The minimum absolute atomic E-state index is 0.0216. The van der Waals surface area contributed by atoms with Crippen LogP contribution in [-0.2, 0) is 19.6 Å². The average molecular weight is 300 g/mol. The van der Waals surface area contributed by atoms with Gasteiger partial charge in [0.2, 0.25) is 15.9 Å². The van der Waals surface area contributed by atoms with E-state index in [2.05, 4.69) is 0 Å². The van der Waals surface area contributed by atoms with Crippen LogP contribution in [0.15, 0.2) is 29.2 Å². The van der Waals surface area contributed by atoms with Gasteiger partial charge in [0.05, 0.1) is 17.9 Å². The standard InChI is InChI=1S/C13H20N2O4S/c1-3-9-19-10-8-13(16)15(2)11-4-6-12(7-5-11)20(14,17)18/h4-7H,3,8-10H2,1-2H3,(H2,14,17,18). The molecule has 0 fully saturated rings. The van der Waals surface area contributed by atoms with Crippen molar-refractivity contribution in [3.05, 3.63) is 24.3 Å². The monoisotopic (exact) mass is 300 g/mol. The highest BCUT2D eigenvalue weighted by molar-refractivity contribution is 7.89. The number of nitrogens with zero attached hydrogens (tertiary/aromatic N) is 1. The van der Waals surface area contributed by atoms with E-state index in [4.69, 9.17) is 9.88 Å². The summed E-state index contributed by atoms with van der Waals surface area (Å²) in [5.41, 5.74) is 0.609. The molecule has 1 aromatic carbocycles. The Bertz CT molecular complexity index is 540. The molecule has 0 aliphatic heterocycles. The summed E-state index contributed by atoms with van der Waals surface area (Å²) in [7, 11) is -2.08. The number of amides is 1. The lowest BCUT2D eigenvalue weighted by molar-refractivity contribution is -0.119. The minimum atomic E-state index is -3.71. The number of carbonyl (C=O) groups is 1. The Balaban J connectivity index is 2.63. The van der Waals surface area contributed by atoms with Crippen molar-refractivity contribution in [3.8, 4) is 0 Å². The molecule has 0 aliphatic carbocycles. The van der Waals surface area contributed by atoms with E-state index in [1.165, 1.54) is 17.0 Å². The Hall–Kier alpha value is -1.44. The van der Waals surface area contributed by atoms with E-state index in [0.29, 0.717) is 18.9 Å². The first-order valence-corrected chi connectivity index (χ1v) is 7.88. The maximum absolute atomic E-state index is 11.9. The number of hydrogen-bond acceptors (Lipinski definition) is 4. The first-order valence-electron chi connectivity index (χ1n) is 6.33. The number of hydrogen-bond donors (Lipinski definition) is 1. The second kappa shape index (κ2) is 7.37. The molecular weight excluding hydrogens is 280 g/mol. The zero-order valence-electron chi connectivity index (χ0n) is 11.7. The lowest BCUT2D eigenvalue weighted by atomic mass is 10.3. The molecule has 7 heteroatoms. The van der Waals surface area contributed by atoms with Crippen molar-refractivity contribution in [1.82, 2.24) is 0 Å². The van der Waals surface area contributed by atoms with Crippen molar-refractivity contribution >= 4 is 21.6 Å². The number of carbonyl (C=O) groups excluding carboxylic acids is 1. The summed E-state index contributed by atoms with van der Waals surface area (Å²) >= 11 is 0. The van der Waals surface area contributed by atoms with E-state index < -0.39 is 10.0 Å². The fourth-order valence-electron chi connectivity index (χ4n) is 1.58. The number of primary sulfonamides is 1. The molecule has 0 unspecified atom stereocenters. The Kier molecular flexibility index (Phi) is 6.12. The highest BCUT2D eigenvalue weighted by Crippen LogP contribution is 2.16. The number of nitrogens with two attached hydrogens (primary N) is 1. The highest BCUT2D eigenvalue weighted by atomic mass is 32.2. The van der Waals surface area contributed by atoms with Gasteiger partial charge in [-0.1, -0.05) is 6.92 Å². The highest BCUT2D eigenvalue weighted by Gasteiger charge is 2.12. The van der Waals surface area contributed by atoms with Crippen molar-refractivity contribution in [2.75, 3.05) is 25.2 Å². The molecule has 2 N–H and O–H groups in total. The van der Waals surface area contributed by atoms with Gasteiger partial charge in [0.25, 0.3) is 0 Å². The van der Waals surface area contributed by atoms with Crippen LogP contribution in [0, 0.1) is 0 Å². The van der Waals surface area contributed by atoms with Gasteiger partial charge < -0.3 is 9.64 Å². The summed E-state index contributed by atoms with van der Waals surface area (Å²) in [4.78, 5) is 13.4. The molecule has 6 nitrogen and oxygen atoms in total. The van der Waals surface area contributed by atoms with Crippen LogP contribution in [0.1, 0.15) is 19.8 Å². The van der Waals surface area contributed by atoms with Crippen molar-refractivity contribution in [2.24, 2.45) is 5.14 Å². The lowest BCUT2D eigenvalue weighted by Gasteiger charge is -2.17. The van der Waals surface area contributed by atoms with Crippen LogP contribution >= 0.6 is 0 Å². The third-order valence-electron chi connectivity index (χ3n) is 2.74. The van der Waals surface area contributed by atoms with E-state index in [1.807, 2.05) is 6.92 Å². The van der Waals surface area contributed by atoms with Crippen LogP contribution in [0.4, 0.5) is 5.69 Å². The Morgan fingerprint density at radius 1 is 1.25 bits per heavy atom. The summed E-state index contributed by atoms with van der Waals surface area (Å²) in [5, 5.41) is 5.01. The lowest BCUT2D eigenvalue weighted by Crippen LogP contribution is -2.27. The quantitative estimate of drug-likeness (QED) is 0.764. The molecule has 1 aromatic rings. The maximum atomic E-state index is 11.9. The molecule has 0 atom stereocenters. The first kappa shape index (κ1) is 16.6. The fourth-order valence-corrected chi connectivity index (χ4v) is 2.09. The molecule has 1 rings (SSSR count). The van der Waals surface area contributed by atoms with E-state index in [-0.39, 0.29) is 17.2 Å². The van der Waals surface area contributed by atoms with Crippen molar-refractivity contribution in [2.45, 2.75) is 24.7 Å². The summed E-state index contributed by atoms with van der Waals surface area (Å²) in [6, 6.07) is 5.85. The molecule has 0 radical (unpaired) electrons. The zero-order chi connectivity index (χ0) is 15.2. The van der Waals surface area contributed by atoms with Crippen LogP contribution in [0.25, 0.3) is 0 Å². The minimum Gasteiger partial charge on any atom is -0.381 e. The van der Waals surface area contributed by atoms with Gasteiger partial charge in [-0.2, -0.15) is 0 Å². The van der Waals surface area contributed by atoms with Crippen molar-refractivity contribution in [3.63, 3.8) is 0 Å². The van der Waals surface area contributed by atoms with E-state index in [1.54, 1.807) is 19.2 Å². The van der Waals surface area contributed by atoms with Crippen molar-refractivity contribution in [1.29, 1.82) is 0 Å².